The van der Waals surface area contributed by atoms with Crippen LogP contribution in [0.4, 0.5) is 0 Å². The van der Waals surface area contributed by atoms with Gasteiger partial charge < -0.3 is 16.4 Å². The second-order valence-corrected chi connectivity index (χ2v) is 4.46. The first-order chi connectivity index (χ1) is 7.54. The van der Waals surface area contributed by atoms with E-state index in [1.165, 1.54) is 0 Å². The van der Waals surface area contributed by atoms with Gasteiger partial charge in [-0.1, -0.05) is 20.3 Å². The van der Waals surface area contributed by atoms with E-state index in [1.807, 2.05) is 13.8 Å². The van der Waals surface area contributed by atoms with Crippen LogP contribution in [0.25, 0.3) is 0 Å². The Balaban J connectivity index is 2.36. The Bertz CT molecular complexity index is 258. The van der Waals surface area contributed by atoms with Gasteiger partial charge in [-0.2, -0.15) is 0 Å². The zero-order valence-electron chi connectivity index (χ0n) is 9.95. The van der Waals surface area contributed by atoms with Crippen LogP contribution in [0.5, 0.6) is 0 Å². The third kappa shape index (κ3) is 3.48. The molecule has 3 atom stereocenters. The van der Waals surface area contributed by atoms with Gasteiger partial charge in [0.15, 0.2) is 0 Å². The highest BCUT2D eigenvalue weighted by molar-refractivity contribution is 5.82. The zero-order valence-corrected chi connectivity index (χ0v) is 9.95. The molecule has 0 saturated carbocycles. The van der Waals surface area contributed by atoms with Crippen LogP contribution in [0.2, 0.25) is 0 Å². The largest absolute Gasteiger partial charge is 0.354 e. The zero-order chi connectivity index (χ0) is 12.1. The number of hydrogen-bond acceptors (Lipinski definition) is 3. The fourth-order valence-electron chi connectivity index (χ4n) is 1.67. The molecular formula is C11H21N3O2. The first kappa shape index (κ1) is 13.0. The summed E-state index contributed by atoms with van der Waals surface area (Å²) in [6.07, 6.45) is 2.06. The van der Waals surface area contributed by atoms with Crippen LogP contribution >= 0.6 is 0 Å². The number of nitrogens with one attached hydrogen (secondary N) is 2. The smallest absolute Gasteiger partial charge is 0.237 e. The monoisotopic (exact) mass is 227 g/mol. The summed E-state index contributed by atoms with van der Waals surface area (Å²) in [5.41, 5.74) is 5.82. The average Bonchev–Trinajstić information content (AvgIpc) is 2.30. The van der Waals surface area contributed by atoms with Gasteiger partial charge in [0, 0.05) is 19.0 Å². The minimum atomic E-state index is -0.456. The summed E-state index contributed by atoms with van der Waals surface area (Å²) in [7, 11) is 0. The molecule has 3 unspecified atom stereocenters. The van der Waals surface area contributed by atoms with Crippen molar-refractivity contribution >= 4 is 11.8 Å². The molecule has 0 radical (unpaired) electrons. The van der Waals surface area contributed by atoms with E-state index < -0.39 is 6.04 Å². The van der Waals surface area contributed by atoms with Crippen LogP contribution in [-0.2, 0) is 9.59 Å². The van der Waals surface area contributed by atoms with Crippen molar-refractivity contribution in [3.63, 3.8) is 0 Å². The van der Waals surface area contributed by atoms with Crippen LogP contribution in [-0.4, -0.2) is 30.4 Å². The highest BCUT2D eigenvalue weighted by Crippen LogP contribution is 2.07. The molecule has 0 aromatic heterocycles. The van der Waals surface area contributed by atoms with Crippen LogP contribution in [0.15, 0.2) is 0 Å². The predicted octanol–water partition coefficient (Wildman–Crippen LogP) is -0.245. The third-order valence-electron chi connectivity index (χ3n) is 3.17. The minimum absolute atomic E-state index is 0.0281. The predicted molar refractivity (Wildman–Crippen MR) is 61.6 cm³/mol. The maximum atomic E-state index is 11.7. The SMILES string of the molecule is CCC(C)C(N)C(=O)NC1CCC(=O)NC1. The van der Waals surface area contributed by atoms with Gasteiger partial charge in [-0.3, -0.25) is 9.59 Å². The number of amides is 2. The molecule has 92 valence electrons. The first-order valence-corrected chi connectivity index (χ1v) is 5.87. The minimum Gasteiger partial charge on any atom is -0.354 e. The number of carbonyl (C=O) groups is 2. The molecule has 1 aliphatic rings. The Kier molecular flexibility index (Phi) is 4.73. The van der Waals surface area contributed by atoms with E-state index >= 15 is 0 Å². The van der Waals surface area contributed by atoms with Crippen LogP contribution < -0.4 is 16.4 Å². The van der Waals surface area contributed by atoms with Crippen molar-refractivity contribution in [3.8, 4) is 0 Å². The number of piperidine rings is 1. The van der Waals surface area contributed by atoms with Crippen molar-refractivity contribution in [2.45, 2.75) is 45.2 Å². The first-order valence-electron chi connectivity index (χ1n) is 5.87. The van der Waals surface area contributed by atoms with Gasteiger partial charge in [0.1, 0.15) is 0 Å². The molecule has 0 aromatic carbocycles. The van der Waals surface area contributed by atoms with Gasteiger partial charge in [-0.05, 0) is 12.3 Å². The summed E-state index contributed by atoms with van der Waals surface area (Å²) >= 11 is 0. The normalized spacial score (nSPS) is 24.4. The highest BCUT2D eigenvalue weighted by Gasteiger charge is 2.24. The summed E-state index contributed by atoms with van der Waals surface area (Å²) in [6.45, 7) is 4.49. The molecular weight excluding hydrogens is 206 g/mol. The Hall–Kier alpha value is -1.10. The van der Waals surface area contributed by atoms with E-state index in [4.69, 9.17) is 5.73 Å². The van der Waals surface area contributed by atoms with Crippen LogP contribution in [0.1, 0.15) is 33.1 Å². The summed E-state index contributed by atoms with van der Waals surface area (Å²) in [6, 6.07) is -0.428. The Labute approximate surface area is 96.1 Å². The van der Waals surface area contributed by atoms with Crippen molar-refractivity contribution < 1.29 is 9.59 Å². The van der Waals surface area contributed by atoms with E-state index in [-0.39, 0.29) is 23.8 Å². The molecule has 1 saturated heterocycles. The number of nitrogens with two attached hydrogens (primary N) is 1. The maximum Gasteiger partial charge on any atom is 0.237 e. The molecule has 0 aliphatic carbocycles. The van der Waals surface area contributed by atoms with E-state index in [0.717, 1.165) is 6.42 Å². The van der Waals surface area contributed by atoms with Crippen LogP contribution in [0, 0.1) is 5.92 Å². The molecule has 0 aromatic rings. The van der Waals surface area contributed by atoms with Gasteiger partial charge in [-0.15, -0.1) is 0 Å². The van der Waals surface area contributed by atoms with E-state index in [1.54, 1.807) is 0 Å². The van der Waals surface area contributed by atoms with Gasteiger partial charge >= 0.3 is 0 Å². The standard InChI is InChI=1S/C11H21N3O2/c1-3-7(2)10(12)11(16)14-8-4-5-9(15)13-6-8/h7-8,10H,3-6,12H2,1-2H3,(H,13,15)(H,14,16). The van der Waals surface area contributed by atoms with E-state index in [2.05, 4.69) is 10.6 Å². The van der Waals surface area contributed by atoms with Gasteiger partial charge in [0.2, 0.25) is 11.8 Å². The second kappa shape index (κ2) is 5.84. The summed E-state index contributed by atoms with van der Waals surface area (Å²) in [5.74, 6) is 0.116. The summed E-state index contributed by atoms with van der Waals surface area (Å²) in [4.78, 5) is 22.7. The summed E-state index contributed by atoms with van der Waals surface area (Å²) in [5, 5.41) is 5.60. The number of carbonyl (C=O) groups excluding carboxylic acids is 2. The van der Waals surface area contributed by atoms with Crippen LogP contribution in [0.3, 0.4) is 0 Å². The van der Waals surface area contributed by atoms with Gasteiger partial charge in [0.25, 0.3) is 0 Å². The molecule has 2 amide bonds. The molecule has 5 nitrogen and oxygen atoms in total. The molecule has 0 bridgehead atoms. The Morgan fingerprint density at radius 3 is 2.88 bits per heavy atom. The molecule has 1 heterocycles. The Morgan fingerprint density at radius 1 is 1.69 bits per heavy atom. The molecule has 16 heavy (non-hydrogen) atoms. The maximum absolute atomic E-state index is 11.7. The fourth-order valence-corrected chi connectivity index (χ4v) is 1.67. The lowest BCUT2D eigenvalue weighted by Crippen LogP contribution is -2.53. The van der Waals surface area contributed by atoms with E-state index in [0.29, 0.717) is 19.4 Å². The topological polar surface area (TPSA) is 84.2 Å². The van der Waals surface area contributed by atoms with Crippen molar-refractivity contribution in [2.75, 3.05) is 6.54 Å². The third-order valence-corrected chi connectivity index (χ3v) is 3.17. The Morgan fingerprint density at radius 2 is 2.38 bits per heavy atom. The lowest BCUT2D eigenvalue weighted by molar-refractivity contribution is -0.127. The average molecular weight is 227 g/mol. The molecule has 4 N–H and O–H groups in total. The lowest BCUT2D eigenvalue weighted by atomic mass is 9.98. The van der Waals surface area contributed by atoms with E-state index in [9.17, 15) is 9.59 Å². The van der Waals surface area contributed by atoms with Crippen molar-refractivity contribution in [1.29, 1.82) is 0 Å². The molecule has 1 aliphatic heterocycles. The number of hydrogen-bond donors (Lipinski definition) is 3. The summed E-state index contributed by atoms with van der Waals surface area (Å²) < 4.78 is 0. The highest BCUT2D eigenvalue weighted by atomic mass is 16.2. The van der Waals surface area contributed by atoms with Crippen molar-refractivity contribution in [1.82, 2.24) is 10.6 Å². The van der Waals surface area contributed by atoms with Crippen molar-refractivity contribution in [3.05, 3.63) is 0 Å². The molecule has 1 rings (SSSR count). The quantitative estimate of drug-likeness (QED) is 0.619. The molecule has 5 heteroatoms. The second-order valence-electron chi connectivity index (χ2n) is 4.46. The van der Waals surface area contributed by atoms with Crippen molar-refractivity contribution in [2.24, 2.45) is 11.7 Å². The lowest BCUT2D eigenvalue weighted by Gasteiger charge is -2.26. The van der Waals surface area contributed by atoms with Gasteiger partial charge in [0.05, 0.1) is 6.04 Å². The molecule has 1 fully saturated rings. The fraction of sp³-hybridized carbons (Fsp3) is 0.818. The van der Waals surface area contributed by atoms with Gasteiger partial charge in [-0.25, -0.2) is 0 Å². The number of rotatable bonds is 4. The molecule has 0 spiro atoms.